The van der Waals surface area contributed by atoms with Crippen LogP contribution in [0.15, 0.2) is 102 Å². The largest absolute Gasteiger partial charge is 0.461 e. The van der Waals surface area contributed by atoms with Gasteiger partial charge >= 0.3 is 0 Å². The zero-order valence-electron chi connectivity index (χ0n) is 15.6. The molecule has 0 spiro atoms. The van der Waals surface area contributed by atoms with Gasteiger partial charge in [-0.25, -0.2) is 0 Å². The minimum atomic E-state index is -1.24. The summed E-state index contributed by atoms with van der Waals surface area (Å²) in [6.45, 7) is 0. The SMILES string of the molecule is Nc1ccccc1C(C=O)(c1ccccc1)c1ccccc1C(=O)c1ccco1. The number of para-hydroxylation sites is 1. The van der Waals surface area contributed by atoms with E-state index in [0.29, 0.717) is 22.4 Å². The third-order valence-electron chi connectivity index (χ3n) is 5.13. The second kappa shape index (κ2) is 7.60. The molecule has 1 unspecified atom stereocenters. The predicted molar refractivity (Wildman–Crippen MR) is 112 cm³/mol. The number of anilines is 1. The predicted octanol–water partition coefficient (Wildman–Crippen LogP) is 4.63. The van der Waals surface area contributed by atoms with Crippen molar-refractivity contribution in [1.29, 1.82) is 0 Å². The van der Waals surface area contributed by atoms with Gasteiger partial charge in [0.05, 0.1) is 6.26 Å². The van der Waals surface area contributed by atoms with Crippen LogP contribution in [-0.2, 0) is 10.2 Å². The Morgan fingerprint density at radius 2 is 1.45 bits per heavy atom. The minimum absolute atomic E-state index is 0.214. The summed E-state index contributed by atoms with van der Waals surface area (Å²) >= 11 is 0. The molecule has 0 saturated carbocycles. The van der Waals surface area contributed by atoms with E-state index in [9.17, 15) is 9.59 Å². The van der Waals surface area contributed by atoms with E-state index in [1.54, 1.807) is 36.4 Å². The Hall–Kier alpha value is -3.92. The highest BCUT2D eigenvalue weighted by atomic mass is 16.3. The van der Waals surface area contributed by atoms with Crippen molar-refractivity contribution >= 4 is 17.8 Å². The fourth-order valence-electron chi connectivity index (χ4n) is 3.77. The fraction of sp³-hybridized carbons (Fsp3) is 0.0400. The molecule has 4 heteroatoms. The van der Waals surface area contributed by atoms with Crippen LogP contribution in [0.25, 0.3) is 0 Å². The lowest BCUT2D eigenvalue weighted by atomic mass is 9.68. The standard InChI is InChI=1S/C25H19NO3/c26-22-14-7-6-13-21(22)25(17-27,18-9-2-1-3-10-18)20-12-5-4-11-19(20)24(28)23-15-8-16-29-23/h1-17H,26H2. The van der Waals surface area contributed by atoms with Gasteiger partial charge in [-0.3, -0.25) is 4.79 Å². The summed E-state index contributed by atoms with van der Waals surface area (Å²) in [5, 5.41) is 0. The van der Waals surface area contributed by atoms with Crippen LogP contribution in [0.4, 0.5) is 5.69 Å². The van der Waals surface area contributed by atoms with Crippen molar-refractivity contribution in [3.63, 3.8) is 0 Å². The van der Waals surface area contributed by atoms with Crippen LogP contribution >= 0.6 is 0 Å². The van der Waals surface area contributed by atoms with E-state index in [2.05, 4.69) is 0 Å². The first-order chi connectivity index (χ1) is 14.2. The average Bonchev–Trinajstić information content (AvgIpc) is 3.31. The molecule has 0 fully saturated rings. The summed E-state index contributed by atoms with van der Waals surface area (Å²) in [6, 6.07) is 27.0. The molecule has 2 N–H and O–H groups in total. The number of hydrogen-bond acceptors (Lipinski definition) is 4. The van der Waals surface area contributed by atoms with Crippen molar-refractivity contribution < 1.29 is 14.0 Å². The van der Waals surface area contributed by atoms with Gasteiger partial charge in [0.15, 0.2) is 5.76 Å². The minimum Gasteiger partial charge on any atom is -0.461 e. The normalized spacial score (nSPS) is 12.8. The maximum Gasteiger partial charge on any atom is 0.228 e. The summed E-state index contributed by atoms with van der Waals surface area (Å²) in [7, 11) is 0. The van der Waals surface area contributed by atoms with Gasteiger partial charge in [0, 0.05) is 11.3 Å². The number of aldehydes is 1. The van der Waals surface area contributed by atoms with Crippen molar-refractivity contribution in [1.82, 2.24) is 0 Å². The molecule has 142 valence electrons. The molecule has 0 aliphatic carbocycles. The molecule has 1 heterocycles. The lowest BCUT2D eigenvalue weighted by Gasteiger charge is -2.32. The Labute approximate surface area is 168 Å². The Kier molecular flexibility index (Phi) is 4.83. The van der Waals surface area contributed by atoms with Gasteiger partial charge in [-0.1, -0.05) is 72.8 Å². The van der Waals surface area contributed by atoms with Crippen LogP contribution < -0.4 is 5.73 Å². The van der Waals surface area contributed by atoms with Gasteiger partial charge in [0.2, 0.25) is 5.78 Å². The van der Waals surface area contributed by atoms with Crippen molar-refractivity contribution in [2.75, 3.05) is 5.73 Å². The molecule has 29 heavy (non-hydrogen) atoms. The Morgan fingerprint density at radius 3 is 2.10 bits per heavy atom. The van der Waals surface area contributed by atoms with E-state index in [4.69, 9.17) is 10.2 Å². The van der Waals surface area contributed by atoms with Crippen LogP contribution in [0.5, 0.6) is 0 Å². The monoisotopic (exact) mass is 381 g/mol. The lowest BCUT2D eigenvalue weighted by molar-refractivity contribution is -0.110. The molecule has 4 nitrogen and oxygen atoms in total. The first-order valence-electron chi connectivity index (χ1n) is 9.23. The number of carbonyl (C=O) groups excluding carboxylic acids is 2. The van der Waals surface area contributed by atoms with Gasteiger partial charge in [-0.2, -0.15) is 0 Å². The van der Waals surface area contributed by atoms with Crippen molar-refractivity contribution in [2.45, 2.75) is 5.41 Å². The number of carbonyl (C=O) groups is 2. The highest BCUT2D eigenvalue weighted by Gasteiger charge is 2.40. The molecule has 1 aromatic heterocycles. The molecule has 0 radical (unpaired) electrons. The second-order valence-corrected chi connectivity index (χ2v) is 6.73. The first kappa shape index (κ1) is 18.4. The van der Waals surface area contributed by atoms with E-state index in [0.717, 1.165) is 11.8 Å². The summed E-state index contributed by atoms with van der Waals surface area (Å²) in [6.07, 6.45) is 2.32. The van der Waals surface area contributed by atoms with Crippen LogP contribution in [0.2, 0.25) is 0 Å². The van der Waals surface area contributed by atoms with Crippen molar-refractivity contribution in [3.05, 3.63) is 125 Å². The maximum atomic E-state index is 13.2. The first-order valence-corrected chi connectivity index (χ1v) is 9.23. The summed E-state index contributed by atoms with van der Waals surface area (Å²) in [5.74, 6) is -0.0754. The molecular formula is C25H19NO3. The number of benzene rings is 3. The van der Waals surface area contributed by atoms with E-state index in [1.807, 2.05) is 54.6 Å². The molecule has 0 bridgehead atoms. The van der Waals surface area contributed by atoms with Gasteiger partial charge in [-0.15, -0.1) is 0 Å². The van der Waals surface area contributed by atoms with Crippen LogP contribution in [0, 0.1) is 0 Å². The number of furan rings is 1. The third kappa shape index (κ3) is 3.05. The maximum absolute atomic E-state index is 13.2. The molecule has 4 aromatic rings. The number of hydrogen-bond donors (Lipinski definition) is 1. The van der Waals surface area contributed by atoms with Gasteiger partial charge in [-0.05, 0) is 34.9 Å². The highest BCUT2D eigenvalue weighted by Crippen LogP contribution is 2.42. The summed E-state index contributed by atoms with van der Waals surface area (Å²) < 4.78 is 5.32. The highest BCUT2D eigenvalue weighted by molar-refractivity contribution is 6.09. The number of nitrogen functional groups attached to an aromatic ring is 1. The number of rotatable bonds is 6. The van der Waals surface area contributed by atoms with Crippen LogP contribution in [0.3, 0.4) is 0 Å². The molecular weight excluding hydrogens is 362 g/mol. The fourth-order valence-corrected chi connectivity index (χ4v) is 3.77. The van der Waals surface area contributed by atoms with E-state index in [1.165, 1.54) is 6.26 Å². The van der Waals surface area contributed by atoms with E-state index in [-0.39, 0.29) is 11.5 Å². The molecule has 4 rings (SSSR count). The van der Waals surface area contributed by atoms with Crippen molar-refractivity contribution in [3.8, 4) is 0 Å². The van der Waals surface area contributed by atoms with Crippen LogP contribution in [0.1, 0.15) is 32.8 Å². The summed E-state index contributed by atoms with van der Waals surface area (Å²) in [4.78, 5) is 26.0. The third-order valence-corrected chi connectivity index (χ3v) is 5.13. The second-order valence-electron chi connectivity index (χ2n) is 6.73. The number of ketones is 1. The Morgan fingerprint density at radius 1 is 0.793 bits per heavy atom. The Bertz CT molecular complexity index is 1150. The Balaban J connectivity index is 2.06. The molecule has 3 aromatic carbocycles. The molecule has 0 aliphatic heterocycles. The zero-order chi connectivity index (χ0) is 20.3. The molecule has 0 saturated heterocycles. The van der Waals surface area contributed by atoms with Crippen molar-refractivity contribution in [2.24, 2.45) is 0 Å². The molecule has 1 atom stereocenters. The molecule has 0 amide bonds. The smallest absolute Gasteiger partial charge is 0.228 e. The lowest BCUT2D eigenvalue weighted by Crippen LogP contribution is -2.34. The van der Waals surface area contributed by atoms with Gasteiger partial charge in [0.1, 0.15) is 11.7 Å². The molecule has 0 aliphatic rings. The van der Waals surface area contributed by atoms with E-state index < -0.39 is 5.41 Å². The topological polar surface area (TPSA) is 73.3 Å². The quantitative estimate of drug-likeness (QED) is 0.229. The van der Waals surface area contributed by atoms with Crippen LogP contribution in [-0.4, -0.2) is 12.1 Å². The zero-order valence-corrected chi connectivity index (χ0v) is 15.6. The average molecular weight is 381 g/mol. The summed E-state index contributed by atoms with van der Waals surface area (Å²) in [5.41, 5.74) is 7.85. The van der Waals surface area contributed by atoms with Gasteiger partial charge in [0.25, 0.3) is 0 Å². The van der Waals surface area contributed by atoms with E-state index >= 15 is 0 Å². The van der Waals surface area contributed by atoms with Gasteiger partial charge < -0.3 is 14.9 Å². The number of nitrogens with two attached hydrogens (primary N) is 1.